The molecule has 19 heavy (non-hydrogen) atoms. The summed E-state index contributed by atoms with van der Waals surface area (Å²) in [5.41, 5.74) is 1.11. The lowest BCUT2D eigenvalue weighted by molar-refractivity contribution is -0.122. The zero-order valence-corrected chi connectivity index (χ0v) is 11.9. The summed E-state index contributed by atoms with van der Waals surface area (Å²) in [6.07, 6.45) is 8.10. The number of halogens is 1. The first-order chi connectivity index (χ1) is 9.22. The van der Waals surface area contributed by atoms with Gasteiger partial charge >= 0.3 is 0 Å². The minimum Gasteiger partial charge on any atom is -0.469 e. The van der Waals surface area contributed by atoms with Crippen LogP contribution in [0, 0.1) is 0 Å². The molecule has 1 aliphatic rings. The first-order valence-corrected chi connectivity index (χ1v) is 7.05. The van der Waals surface area contributed by atoms with Gasteiger partial charge in [0.25, 0.3) is 0 Å². The molecule has 100 valence electrons. The number of carbonyl (C=O) groups excluding carboxylic acids is 1. The lowest BCUT2D eigenvalue weighted by Crippen LogP contribution is -2.33. The monoisotopic (exact) mass is 323 g/mol. The largest absolute Gasteiger partial charge is 0.469 e. The molecule has 0 fully saturated rings. The Morgan fingerprint density at radius 2 is 2.53 bits per heavy atom. The van der Waals surface area contributed by atoms with Crippen LogP contribution < -0.4 is 5.32 Å². The van der Waals surface area contributed by atoms with E-state index in [1.165, 1.54) is 0 Å². The van der Waals surface area contributed by atoms with E-state index in [4.69, 9.17) is 4.42 Å². The van der Waals surface area contributed by atoms with E-state index < -0.39 is 0 Å². The highest BCUT2D eigenvalue weighted by Gasteiger charge is 2.23. The van der Waals surface area contributed by atoms with Crippen LogP contribution in [0.4, 0.5) is 0 Å². The van der Waals surface area contributed by atoms with Crippen LogP contribution in [0.3, 0.4) is 0 Å². The van der Waals surface area contributed by atoms with Crippen molar-refractivity contribution in [3.05, 3.63) is 40.5 Å². The van der Waals surface area contributed by atoms with Crippen molar-refractivity contribution < 1.29 is 9.21 Å². The molecule has 0 saturated heterocycles. The second-order valence-electron chi connectivity index (χ2n) is 4.67. The number of rotatable bonds is 3. The number of furan rings is 1. The van der Waals surface area contributed by atoms with Crippen molar-refractivity contribution in [1.29, 1.82) is 0 Å². The normalized spacial score (nSPS) is 18.1. The third-order valence-electron chi connectivity index (χ3n) is 3.29. The van der Waals surface area contributed by atoms with Gasteiger partial charge in [0.1, 0.15) is 12.3 Å². The molecule has 2 aromatic heterocycles. The van der Waals surface area contributed by atoms with Gasteiger partial charge in [-0.25, -0.2) is 0 Å². The smallest absolute Gasteiger partial charge is 0.242 e. The predicted molar refractivity (Wildman–Crippen MR) is 72.5 cm³/mol. The van der Waals surface area contributed by atoms with E-state index in [0.717, 1.165) is 35.1 Å². The minimum atomic E-state index is -0.0327. The second-order valence-corrected chi connectivity index (χ2v) is 5.58. The van der Waals surface area contributed by atoms with Crippen molar-refractivity contribution in [2.45, 2.75) is 31.8 Å². The Morgan fingerprint density at radius 3 is 3.32 bits per heavy atom. The van der Waals surface area contributed by atoms with Crippen molar-refractivity contribution in [2.75, 3.05) is 0 Å². The van der Waals surface area contributed by atoms with Gasteiger partial charge in [-0.05, 0) is 34.8 Å². The van der Waals surface area contributed by atoms with Crippen molar-refractivity contribution in [1.82, 2.24) is 15.1 Å². The highest BCUT2D eigenvalue weighted by molar-refractivity contribution is 9.10. The minimum absolute atomic E-state index is 0.0327. The van der Waals surface area contributed by atoms with Crippen LogP contribution in [0.2, 0.25) is 0 Å². The zero-order chi connectivity index (χ0) is 13.2. The Hall–Kier alpha value is -1.56. The van der Waals surface area contributed by atoms with Crippen LogP contribution >= 0.6 is 15.9 Å². The van der Waals surface area contributed by atoms with E-state index >= 15 is 0 Å². The fraction of sp³-hybridized carbons (Fsp3) is 0.385. The summed E-state index contributed by atoms with van der Waals surface area (Å²) < 4.78 is 7.89. The van der Waals surface area contributed by atoms with Gasteiger partial charge < -0.3 is 9.73 Å². The molecule has 6 heteroatoms. The maximum Gasteiger partial charge on any atom is 0.242 e. The Morgan fingerprint density at radius 1 is 1.63 bits per heavy atom. The van der Waals surface area contributed by atoms with E-state index in [-0.39, 0.29) is 18.5 Å². The van der Waals surface area contributed by atoms with Crippen LogP contribution in [-0.2, 0) is 17.8 Å². The Bertz CT molecular complexity index is 590. The van der Waals surface area contributed by atoms with Crippen LogP contribution in [0.5, 0.6) is 0 Å². The van der Waals surface area contributed by atoms with Crippen LogP contribution in [0.15, 0.2) is 33.6 Å². The number of aryl methyl sites for hydroxylation is 1. The van der Waals surface area contributed by atoms with E-state index in [0.29, 0.717) is 0 Å². The molecule has 0 aromatic carbocycles. The standard InChI is InChI=1S/C13H14BrN3O2/c14-9-6-15-17(7-9)8-13(18)16-11-2-1-3-12-10(11)4-5-19-12/h4-7,11H,1-3,8H2,(H,16,18). The fourth-order valence-corrected chi connectivity index (χ4v) is 2.78. The molecule has 2 aromatic rings. The highest BCUT2D eigenvalue weighted by atomic mass is 79.9. The average Bonchev–Trinajstić information content (AvgIpc) is 2.98. The maximum absolute atomic E-state index is 12.0. The lowest BCUT2D eigenvalue weighted by Gasteiger charge is -2.22. The van der Waals surface area contributed by atoms with Gasteiger partial charge in [0, 0.05) is 18.2 Å². The van der Waals surface area contributed by atoms with Crippen LogP contribution in [-0.4, -0.2) is 15.7 Å². The number of aromatic nitrogens is 2. The summed E-state index contributed by atoms with van der Waals surface area (Å²) in [6.45, 7) is 0.231. The molecule has 2 heterocycles. The molecule has 5 nitrogen and oxygen atoms in total. The summed E-state index contributed by atoms with van der Waals surface area (Å²) in [7, 11) is 0. The molecule has 1 unspecified atom stereocenters. The van der Waals surface area contributed by atoms with E-state index in [2.05, 4.69) is 26.3 Å². The third-order valence-corrected chi connectivity index (χ3v) is 3.70. The number of amides is 1. The van der Waals surface area contributed by atoms with Gasteiger partial charge in [0.05, 0.1) is 23.0 Å². The number of hydrogen-bond acceptors (Lipinski definition) is 3. The molecule has 0 aliphatic heterocycles. The molecule has 0 bridgehead atoms. The number of fused-ring (bicyclic) bond motifs is 1. The molecule has 1 aliphatic carbocycles. The molecular weight excluding hydrogens is 310 g/mol. The molecule has 0 saturated carbocycles. The van der Waals surface area contributed by atoms with Crippen LogP contribution in [0.1, 0.15) is 30.2 Å². The molecule has 1 atom stereocenters. The van der Waals surface area contributed by atoms with Gasteiger partial charge in [-0.1, -0.05) is 0 Å². The van der Waals surface area contributed by atoms with Crippen molar-refractivity contribution >= 4 is 21.8 Å². The van der Waals surface area contributed by atoms with Gasteiger partial charge in [-0.2, -0.15) is 5.10 Å². The topological polar surface area (TPSA) is 60.1 Å². The summed E-state index contributed by atoms with van der Waals surface area (Å²) in [5, 5.41) is 7.12. The summed E-state index contributed by atoms with van der Waals surface area (Å²) in [5.74, 6) is 0.966. The molecule has 3 rings (SSSR count). The quantitative estimate of drug-likeness (QED) is 0.943. The predicted octanol–water partition coefficient (Wildman–Crippen LogP) is 2.43. The first kappa shape index (κ1) is 12.5. The summed E-state index contributed by atoms with van der Waals surface area (Å²) in [6, 6.07) is 2.01. The fourth-order valence-electron chi connectivity index (χ4n) is 2.45. The zero-order valence-electron chi connectivity index (χ0n) is 10.3. The van der Waals surface area contributed by atoms with Gasteiger partial charge in [0.2, 0.25) is 5.91 Å². The maximum atomic E-state index is 12.0. The average molecular weight is 324 g/mol. The Balaban J connectivity index is 1.65. The van der Waals surface area contributed by atoms with Crippen molar-refractivity contribution in [2.24, 2.45) is 0 Å². The van der Waals surface area contributed by atoms with Gasteiger partial charge in [-0.15, -0.1) is 0 Å². The molecular formula is C13H14BrN3O2. The number of hydrogen-bond donors (Lipinski definition) is 1. The van der Waals surface area contributed by atoms with Crippen molar-refractivity contribution in [3.8, 4) is 0 Å². The van der Waals surface area contributed by atoms with Crippen molar-refractivity contribution in [3.63, 3.8) is 0 Å². The van der Waals surface area contributed by atoms with E-state index in [1.54, 1.807) is 23.3 Å². The Kier molecular flexibility index (Phi) is 3.42. The number of nitrogens with zero attached hydrogens (tertiary/aromatic N) is 2. The SMILES string of the molecule is O=C(Cn1cc(Br)cn1)NC1CCCc2occc21. The van der Waals surface area contributed by atoms with E-state index in [1.807, 2.05) is 6.07 Å². The highest BCUT2D eigenvalue weighted by Crippen LogP contribution is 2.30. The second kappa shape index (κ2) is 5.21. The molecule has 1 N–H and O–H groups in total. The lowest BCUT2D eigenvalue weighted by atomic mass is 9.93. The van der Waals surface area contributed by atoms with Crippen LogP contribution in [0.25, 0.3) is 0 Å². The van der Waals surface area contributed by atoms with Gasteiger partial charge in [-0.3, -0.25) is 9.48 Å². The molecule has 1 amide bonds. The molecule has 0 spiro atoms. The van der Waals surface area contributed by atoms with E-state index in [9.17, 15) is 4.79 Å². The first-order valence-electron chi connectivity index (χ1n) is 6.26. The van der Waals surface area contributed by atoms with Gasteiger partial charge in [0.15, 0.2) is 0 Å². The summed E-state index contributed by atoms with van der Waals surface area (Å²) in [4.78, 5) is 12.0. The number of nitrogens with one attached hydrogen (secondary N) is 1. The Labute approximate surface area is 119 Å². The third kappa shape index (κ3) is 2.73. The molecule has 0 radical (unpaired) electrons. The number of carbonyl (C=O) groups is 1. The summed E-state index contributed by atoms with van der Waals surface area (Å²) >= 11 is 3.31.